The average Bonchev–Trinajstić information content (AvgIpc) is 2.91. The van der Waals surface area contributed by atoms with Crippen LogP contribution in [-0.2, 0) is 11.3 Å². The predicted molar refractivity (Wildman–Crippen MR) is 150 cm³/mol. The van der Waals surface area contributed by atoms with Crippen LogP contribution in [0.4, 0.5) is 5.69 Å². The van der Waals surface area contributed by atoms with Gasteiger partial charge in [-0.3, -0.25) is 9.69 Å². The van der Waals surface area contributed by atoms with Gasteiger partial charge in [0, 0.05) is 68.0 Å². The Morgan fingerprint density at radius 1 is 1.03 bits per heavy atom. The van der Waals surface area contributed by atoms with Crippen LogP contribution in [0.5, 0.6) is 11.5 Å². The van der Waals surface area contributed by atoms with Crippen molar-refractivity contribution >= 4 is 23.2 Å². The van der Waals surface area contributed by atoms with Crippen LogP contribution in [-0.4, -0.2) is 94.2 Å². The van der Waals surface area contributed by atoms with Crippen LogP contribution in [0.25, 0.3) is 0 Å². The molecule has 2 aliphatic rings. The monoisotopic (exact) mass is 528 g/mol. The van der Waals surface area contributed by atoms with Gasteiger partial charge in [-0.25, -0.2) is 0 Å². The maximum atomic E-state index is 13.2. The van der Waals surface area contributed by atoms with Crippen molar-refractivity contribution in [1.29, 1.82) is 0 Å². The topological polar surface area (TPSA) is 48.5 Å². The molecule has 0 N–H and O–H groups in total. The normalized spacial score (nSPS) is 20.8. The number of carbonyl (C=O) groups excluding carboxylic acids is 1. The molecule has 0 saturated carbocycles. The van der Waals surface area contributed by atoms with E-state index in [-0.39, 0.29) is 5.91 Å². The maximum absolute atomic E-state index is 13.2. The number of carbonyl (C=O) groups is 1. The summed E-state index contributed by atoms with van der Waals surface area (Å²) in [6.45, 7) is 6.01. The fourth-order valence-corrected chi connectivity index (χ4v) is 6.06. The summed E-state index contributed by atoms with van der Waals surface area (Å²) >= 11 is 6.17. The third-order valence-electron chi connectivity index (χ3n) is 7.85. The highest BCUT2D eigenvalue weighted by molar-refractivity contribution is 6.30. The Morgan fingerprint density at radius 2 is 1.78 bits per heavy atom. The number of rotatable bonds is 9. The van der Waals surface area contributed by atoms with Gasteiger partial charge in [0.25, 0.3) is 0 Å². The highest BCUT2D eigenvalue weighted by atomic mass is 35.5. The molecular weight excluding hydrogens is 488 g/mol. The number of hydrogen-bond acceptors (Lipinski definition) is 6. The molecule has 37 heavy (non-hydrogen) atoms. The molecule has 2 atom stereocenters. The smallest absolute Gasteiger partial charge is 0.222 e. The van der Waals surface area contributed by atoms with Gasteiger partial charge in [-0.05, 0) is 63.7 Å². The average molecular weight is 529 g/mol. The van der Waals surface area contributed by atoms with Gasteiger partial charge in [0.15, 0.2) is 11.5 Å². The molecule has 2 aliphatic heterocycles. The van der Waals surface area contributed by atoms with E-state index < -0.39 is 0 Å². The highest BCUT2D eigenvalue weighted by Gasteiger charge is 2.32. The van der Waals surface area contributed by atoms with Crippen molar-refractivity contribution < 1.29 is 14.3 Å². The minimum atomic E-state index is 0.273. The summed E-state index contributed by atoms with van der Waals surface area (Å²) in [7, 11) is 7.70. The number of halogens is 1. The van der Waals surface area contributed by atoms with Crippen LogP contribution in [0.1, 0.15) is 24.8 Å². The fraction of sp³-hybridized carbons (Fsp3) is 0.552. The van der Waals surface area contributed by atoms with E-state index in [0.717, 1.165) is 86.4 Å². The van der Waals surface area contributed by atoms with Crippen LogP contribution >= 0.6 is 11.6 Å². The van der Waals surface area contributed by atoms with Crippen molar-refractivity contribution in [2.75, 3.05) is 72.5 Å². The van der Waals surface area contributed by atoms with Crippen LogP contribution < -0.4 is 14.4 Å². The van der Waals surface area contributed by atoms with Crippen molar-refractivity contribution in [1.82, 2.24) is 14.7 Å². The van der Waals surface area contributed by atoms with Gasteiger partial charge in [-0.15, -0.1) is 0 Å². The number of ether oxygens (including phenoxy) is 2. The van der Waals surface area contributed by atoms with E-state index in [1.807, 2.05) is 35.2 Å². The lowest BCUT2D eigenvalue weighted by molar-refractivity contribution is -0.132. The Hall–Kier alpha value is -2.48. The van der Waals surface area contributed by atoms with Gasteiger partial charge in [-0.2, -0.15) is 0 Å². The van der Waals surface area contributed by atoms with Crippen LogP contribution in [0, 0.1) is 5.92 Å². The first-order valence-corrected chi connectivity index (χ1v) is 13.6. The van der Waals surface area contributed by atoms with Crippen molar-refractivity contribution in [3.63, 3.8) is 0 Å². The summed E-state index contributed by atoms with van der Waals surface area (Å²) in [4.78, 5) is 22.3. The van der Waals surface area contributed by atoms with Gasteiger partial charge in [0.2, 0.25) is 5.91 Å². The number of amides is 1. The number of para-hydroxylation sites is 1. The molecule has 0 aliphatic carbocycles. The van der Waals surface area contributed by atoms with Gasteiger partial charge in [-0.1, -0.05) is 29.8 Å². The number of methoxy groups -OCH3 is 2. The molecule has 4 rings (SSSR count). The predicted octanol–water partition coefficient (Wildman–Crippen LogP) is 4.24. The first kappa shape index (κ1) is 27.6. The van der Waals surface area contributed by atoms with E-state index in [0.29, 0.717) is 18.4 Å². The molecule has 0 radical (unpaired) electrons. The largest absolute Gasteiger partial charge is 0.493 e. The Balaban J connectivity index is 1.32. The lowest BCUT2D eigenvalue weighted by Crippen LogP contribution is -2.50. The van der Waals surface area contributed by atoms with Gasteiger partial charge in [0.1, 0.15) is 0 Å². The summed E-state index contributed by atoms with van der Waals surface area (Å²) in [5.41, 5.74) is 2.26. The van der Waals surface area contributed by atoms with Gasteiger partial charge < -0.3 is 24.2 Å². The fourth-order valence-electron chi connectivity index (χ4n) is 5.88. The number of piperazine rings is 1. The highest BCUT2D eigenvalue weighted by Crippen LogP contribution is 2.33. The van der Waals surface area contributed by atoms with E-state index in [2.05, 4.69) is 40.9 Å². The maximum Gasteiger partial charge on any atom is 0.222 e. The summed E-state index contributed by atoms with van der Waals surface area (Å²) in [5, 5.41) is 0.748. The molecule has 1 amide bonds. The van der Waals surface area contributed by atoms with Crippen LogP contribution in [0.2, 0.25) is 5.02 Å². The lowest BCUT2D eigenvalue weighted by Gasteiger charge is -2.42. The first-order valence-electron chi connectivity index (χ1n) is 13.3. The molecule has 0 aromatic heterocycles. The summed E-state index contributed by atoms with van der Waals surface area (Å²) in [6.07, 6.45) is 2.60. The van der Waals surface area contributed by atoms with E-state index >= 15 is 0 Å². The van der Waals surface area contributed by atoms with Crippen LogP contribution in [0.15, 0.2) is 42.5 Å². The lowest BCUT2D eigenvalue weighted by atomic mass is 9.87. The third kappa shape index (κ3) is 6.89. The molecule has 2 aromatic rings. The minimum Gasteiger partial charge on any atom is -0.493 e. The van der Waals surface area contributed by atoms with Crippen molar-refractivity contribution in [2.45, 2.75) is 31.8 Å². The third-order valence-corrected chi connectivity index (χ3v) is 8.09. The molecule has 2 heterocycles. The van der Waals surface area contributed by atoms with Gasteiger partial charge >= 0.3 is 0 Å². The second-order valence-electron chi connectivity index (χ2n) is 10.4. The second kappa shape index (κ2) is 12.9. The van der Waals surface area contributed by atoms with Crippen molar-refractivity contribution in [3.8, 4) is 11.5 Å². The Bertz CT molecular complexity index is 1040. The number of benzene rings is 2. The van der Waals surface area contributed by atoms with E-state index in [9.17, 15) is 4.79 Å². The summed E-state index contributed by atoms with van der Waals surface area (Å²) in [5.74, 6) is 2.29. The molecule has 2 saturated heterocycles. The molecule has 7 nitrogen and oxygen atoms in total. The Kier molecular flexibility index (Phi) is 9.57. The van der Waals surface area contributed by atoms with E-state index in [1.165, 1.54) is 0 Å². The Labute approximate surface area is 226 Å². The molecule has 2 fully saturated rings. The summed E-state index contributed by atoms with van der Waals surface area (Å²) in [6, 6.07) is 14.5. The first-order chi connectivity index (χ1) is 17.9. The Morgan fingerprint density at radius 3 is 2.46 bits per heavy atom. The molecule has 0 bridgehead atoms. The zero-order valence-corrected chi connectivity index (χ0v) is 23.4. The quantitative estimate of drug-likeness (QED) is 0.485. The van der Waals surface area contributed by atoms with Crippen molar-refractivity contribution in [2.24, 2.45) is 5.92 Å². The van der Waals surface area contributed by atoms with Crippen LogP contribution in [0.3, 0.4) is 0 Å². The number of piperidine rings is 1. The zero-order chi connectivity index (χ0) is 26.4. The second-order valence-corrected chi connectivity index (χ2v) is 10.8. The van der Waals surface area contributed by atoms with E-state index in [4.69, 9.17) is 21.1 Å². The number of nitrogens with zero attached hydrogens (tertiary/aromatic N) is 4. The summed E-state index contributed by atoms with van der Waals surface area (Å²) < 4.78 is 11.2. The number of likely N-dealkylation sites (tertiary alicyclic amines) is 1. The molecule has 8 heteroatoms. The van der Waals surface area contributed by atoms with E-state index in [1.54, 1.807) is 14.2 Å². The molecule has 202 valence electrons. The minimum absolute atomic E-state index is 0.273. The van der Waals surface area contributed by atoms with Gasteiger partial charge in [0.05, 0.1) is 14.2 Å². The molecule has 0 unspecified atom stereocenters. The molecule has 0 spiro atoms. The number of hydrogen-bond donors (Lipinski definition) is 0. The molecular formula is C29H41ClN4O3. The molecule has 2 aromatic carbocycles. The SMILES string of the molecule is COc1cccc(CN2CC[C@@H](N(C)C)[C@@H](CCC(=O)N3CCN(c4cccc(Cl)c4)CC3)C2)c1OC. The zero-order valence-electron chi connectivity index (χ0n) is 22.7. The number of anilines is 1. The standard InChI is InChI=1S/C29H41ClN4O3/c1-31(2)26-13-14-32(21-23-7-5-10-27(36-3)29(23)37-4)20-22(26)11-12-28(35)34-17-15-33(16-18-34)25-9-6-8-24(30)19-25/h5-10,19,22,26H,11-18,20-21H2,1-4H3/t22-,26+/m0/s1. The van der Waals surface area contributed by atoms with Crippen molar-refractivity contribution in [3.05, 3.63) is 53.1 Å².